The molecule has 1 aliphatic heterocycles. The number of ether oxygens (including phenoxy) is 2. The Morgan fingerprint density at radius 1 is 0.900 bits per heavy atom. The lowest BCUT2D eigenvalue weighted by Crippen LogP contribution is -2.30. The maximum absolute atomic E-state index is 13.1. The predicted molar refractivity (Wildman–Crippen MR) is 117 cm³/mol. The molecule has 0 fully saturated rings. The Hall–Kier alpha value is -2.54. The van der Waals surface area contributed by atoms with Crippen LogP contribution in [0.4, 0.5) is 0 Å². The van der Waals surface area contributed by atoms with Gasteiger partial charge in [-0.3, -0.25) is 0 Å². The first-order valence-corrected chi connectivity index (χ1v) is 11.6. The summed E-state index contributed by atoms with van der Waals surface area (Å²) in [4.78, 5) is 0.127. The van der Waals surface area contributed by atoms with Crippen molar-refractivity contribution >= 4 is 21.6 Å². The Labute approximate surface area is 181 Å². The molecule has 0 aliphatic carbocycles. The molecule has 0 bridgehead atoms. The van der Waals surface area contributed by atoms with Crippen LogP contribution >= 0.6 is 11.6 Å². The Bertz CT molecular complexity index is 1120. The molecule has 0 radical (unpaired) electrons. The zero-order chi connectivity index (χ0) is 21.0. The van der Waals surface area contributed by atoms with E-state index >= 15 is 0 Å². The number of halogens is 1. The van der Waals surface area contributed by atoms with Crippen molar-refractivity contribution in [2.45, 2.75) is 23.8 Å². The molecule has 0 spiro atoms. The summed E-state index contributed by atoms with van der Waals surface area (Å²) in [6.45, 7) is 1.16. The lowest BCUT2D eigenvalue weighted by molar-refractivity contribution is 0.297. The van der Waals surface area contributed by atoms with Crippen molar-refractivity contribution in [1.29, 1.82) is 0 Å². The molecule has 1 N–H and O–H groups in total. The first-order valence-electron chi connectivity index (χ1n) is 9.73. The van der Waals surface area contributed by atoms with Gasteiger partial charge >= 0.3 is 0 Å². The minimum atomic E-state index is -3.79. The SMILES string of the molecule is O=S(=O)(NC(Cc1ccccc1)c1ccc2c(c1)OCCCO2)c1cccc(Cl)c1. The standard InChI is InChI=1S/C23H22ClNO4S/c24-19-8-4-9-20(16-19)30(26,27)25-21(14-17-6-2-1-3-7-17)18-10-11-22-23(15-18)29-13-5-12-28-22/h1-4,6-11,15-16,21,25H,5,12-14H2. The fourth-order valence-electron chi connectivity index (χ4n) is 3.36. The van der Waals surface area contributed by atoms with Crippen LogP contribution in [-0.4, -0.2) is 21.6 Å². The highest BCUT2D eigenvalue weighted by atomic mass is 35.5. The third-order valence-electron chi connectivity index (χ3n) is 4.86. The zero-order valence-electron chi connectivity index (χ0n) is 16.3. The summed E-state index contributed by atoms with van der Waals surface area (Å²) in [5.41, 5.74) is 1.82. The van der Waals surface area contributed by atoms with Crippen molar-refractivity contribution in [3.63, 3.8) is 0 Å². The highest BCUT2D eigenvalue weighted by Gasteiger charge is 2.24. The molecule has 1 heterocycles. The van der Waals surface area contributed by atoms with Crippen LogP contribution in [0, 0.1) is 0 Å². The van der Waals surface area contributed by atoms with Gasteiger partial charge in [-0.15, -0.1) is 0 Å². The van der Waals surface area contributed by atoms with Crippen molar-refractivity contribution in [2.75, 3.05) is 13.2 Å². The second kappa shape index (κ2) is 9.08. The highest BCUT2D eigenvalue weighted by Crippen LogP contribution is 2.34. The van der Waals surface area contributed by atoms with Crippen LogP contribution in [0.1, 0.15) is 23.6 Å². The third-order valence-corrected chi connectivity index (χ3v) is 6.56. The molecule has 156 valence electrons. The zero-order valence-corrected chi connectivity index (χ0v) is 17.8. The molecule has 1 atom stereocenters. The molecule has 4 rings (SSSR count). The monoisotopic (exact) mass is 443 g/mol. The number of hydrogen-bond acceptors (Lipinski definition) is 4. The van der Waals surface area contributed by atoms with E-state index in [0.29, 0.717) is 36.2 Å². The number of nitrogens with one attached hydrogen (secondary N) is 1. The Morgan fingerprint density at radius 3 is 2.43 bits per heavy atom. The number of sulfonamides is 1. The molecule has 3 aromatic rings. The topological polar surface area (TPSA) is 64.6 Å². The van der Waals surface area contributed by atoms with E-state index in [9.17, 15) is 8.42 Å². The van der Waals surface area contributed by atoms with Crippen LogP contribution in [0.3, 0.4) is 0 Å². The minimum Gasteiger partial charge on any atom is -0.490 e. The van der Waals surface area contributed by atoms with Crippen molar-refractivity contribution in [1.82, 2.24) is 4.72 Å². The van der Waals surface area contributed by atoms with E-state index in [2.05, 4.69) is 4.72 Å². The van der Waals surface area contributed by atoms with Crippen LogP contribution in [0.25, 0.3) is 0 Å². The largest absolute Gasteiger partial charge is 0.490 e. The maximum atomic E-state index is 13.1. The van der Waals surface area contributed by atoms with Gasteiger partial charge in [0.05, 0.1) is 24.2 Å². The second-order valence-corrected chi connectivity index (χ2v) is 9.23. The van der Waals surface area contributed by atoms with E-state index in [1.54, 1.807) is 12.1 Å². The summed E-state index contributed by atoms with van der Waals surface area (Å²) >= 11 is 6.01. The van der Waals surface area contributed by atoms with Gasteiger partial charge in [-0.05, 0) is 47.9 Å². The normalized spacial score (nSPS) is 14.7. The van der Waals surface area contributed by atoms with Crippen LogP contribution in [-0.2, 0) is 16.4 Å². The fraction of sp³-hybridized carbons (Fsp3) is 0.217. The number of rotatable bonds is 6. The van der Waals surface area contributed by atoms with Gasteiger partial charge in [0.1, 0.15) is 0 Å². The van der Waals surface area contributed by atoms with Crippen molar-refractivity contribution in [3.8, 4) is 11.5 Å². The van der Waals surface area contributed by atoms with E-state index in [1.165, 1.54) is 12.1 Å². The molecular weight excluding hydrogens is 422 g/mol. The average Bonchev–Trinajstić information content (AvgIpc) is 2.99. The molecule has 0 amide bonds. The molecular formula is C23H22ClNO4S. The molecule has 0 aromatic heterocycles. The Balaban J connectivity index is 1.69. The molecule has 7 heteroatoms. The summed E-state index contributed by atoms with van der Waals surface area (Å²) < 4.78 is 40.5. The average molecular weight is 444 g/mol. The van der Waals surface area contributed by atoms with Crippen LogP contribution < -0.4 is 14.2 Å². The molecule has 0 saturated heterocycles. The third kappa shape index (κ3) is 4.95. The molecule has 1 unspecified atom stereocenters. The van der Waals surface area contributed by atoms with Gasteiger partial charge in [-0.1, -0.05) is 54.1 Å². The quantitative estimate of drug-likeness (QED) is 0.596. The summed E-state index contributed by atoms with van der Waals surface area (Å²) in [5.74, 6) is 1.30. The predicted octanol–water partition coefficient (Wildman–Crippen LogP) is 4.76. The molecule has 5 nitrogen and oxygen atoms in total. The van der Waals surface area contributed by atoms with Gasteiger partial charge in [0.15, 0.2) is 11.5 Å². The van der Waals surface area contributed by atoms with Crippen molar-refractivity contribution in [3.05, 3.63) is 88.9 Å². The van der Waals surface area contributed by atoms with Gasteiger partial charge in [-0.2, -0.15) is 0 Å². The molecule has 3 aromatic carbocycles. The summed E-state index contributed by atoms with van der Waals surface area (Å²) in [6.07, 6.45) is 1.29. The van der Waals surface area contributed by atoms with E-state index in [0.717, 1.165) is 17.5 Å². The molecule has 1 aliphatic rings. The smallest absolute Gasteiger partial charge is 0.241 e. The van der Waals surface area contributed by atoms with E-state index in [4.69, 9.17) is 21.1 Å². The van der Waals surface area contributed by atoms with Crippen LogP contribution in [0.2, 0.25) is 5.02 Å². The number of fused-ring (bicyclic) bond motifs is 1. The van der Waals surface area contributed by atoms with Crippen LogP contribution in [0.15, 0.2) is 77.7 Å². The van der Waals surface area contributed by atoms with Gasteiger partial charge < -0.3 is 9.47 Å². The number of benzene rings is 3. The first kappa shape index (κ1) is 20.7. The van der Waals surface area contributed by atoms with Crippen molar-refractivity contribution in [2.24, 2.45) is 0 Å². The first-order chi connectivity index (χ1) is 14.5. The summed E-state index contributed by atoms with van der Waals surface area (Å²) in [5, 5.41) is 0.369. The summed E-state index contributed by atoms with van der Waals surface area (Å²) in [6, 6.07) is 21.1. The highest BCUT2D eigenvalue weighted by molar-refractivity contribution is 7.89. The van der Waals surface area contributed by atoms with E-state index in [1.807, 2.05) is 48.5 Å². The van der Waals surface area contributed by atoms with Crippen LogP contribution in [0.5, 0.6) is 11.5 Å². The fourth-order valence-corrected chi connectivity index (χ4v) is 4.89. The minimum absolute atomic E-state index is 0.127. The maximum Gasteiger partial charge on any atom is 0.241 e. The van der Waals surface area contributed by atoms with Crippen molar-refractivity contribution < 1.29 is 17.9 Å². The van der Waals surface area contributed by atoms with Gasteiger partial charge in [0, 0.05) is 11.4 Å². The molecule has 30 heavy (non-hydrogen) atoms. The Morgan fingerprint density at radius 2 is 1.67 bits per heavy atom. The summed E-state index contributed by atoms with van der Waals surface area (Å²) in [7, 11) is -3.79. The second-order valence-electron chi connectivity index (χ2n) is 7.08. The lowest BCUT2D eigenvalue weighted by Gasteiger charge is -2.21. The van der Waals surface area contributed by atoms with Gasteiger partial charge in [0.25, 0.3) is 0 Å². The molecule has 0 saturated carbocycles. The Kier molecular flexibility index (Phi) is 6.27. The van der Waals surface area contributed by atoms with E-state index < -0.39 is 16.1 Å². The lowest BCUT2D eigenvalue weighted by atomic mass is 9.99. The van der Waals surface area contributed by atoms with Gasteiger partial charge in [-0.25, -0.2) is 13.1 Å². The van der Waals surface area contributed by atoms with E-state index in [-0.39, 0.29) is 4.90 Å². The van der Waals surface area contributed by atoms with Gasteiger partial charge in [0.2, 0.25) is 10.0 Å². The number of hydrogen-bond donors (Lipinski definition) is 1.